The topological polar surface area (TPSA) is 29.5 Å². The average Bonchev–Trinajstić information content (AvgIpc) is 2.08. The van der Waals surface area contributed by atoms with Gasteiger partial charge in [-0.05, 0) is 24.7 Å². The Morgan fingerprint density at radius 3 is 2.09 bits per heavy atom. The highest BCUT2D eigenvalue weighted by Crippen LogP contribution is 2.29. The summed E-state index contributed by atoms with van der Waals surface area (Å²) >= 11 is 0. The molecular formula is C9H20O2. The summed E-state index contributed by atoms with van der Waals surface area (Å²) in [5, 5.41) is 9.15. The Hall–Kier alpha value is -0.0800. The Morgan fingerprint density at radius 1 is 1.27 bits per heavy atom. The lowest BCUT2D eigenvalue weighted by atomic mass is 9.80. The van der Waals surface area contributed by atoms with Gasteiger partial charge in [0.2, 0.25) is 0 Å². The molecular weight excluding hydrogens is 140 g/mol. The highest BCUT2D eigenvalue weighted by Gasteiger charge is 2.24. The fraction of sp³-hybridized carbons (Fsp3) is 1.00. The van der Waals surface area contributed by atoms with Crippen molar-refractivity contribution < 1.29 is 9.84 Å². The van der Waals surface area contributed by atoms with Crippen LogP contribution in [0, 0.1) is 5.41 Å². The Morgan fingerprint density at radius 2 is 1.82 bits per heavy atom. The number of methoxy groups -OCH3 is 1. The molecule has 0 saturated carbocycles. The van der Waals surface area contributed by atoms with Gasteiger partial charge in [0.25, 0.3) is 0 Å². The van der Waals surface area contributed by atoms with E-state index >= 15 is 0 Å². The molecule has 0 aliphatic carbocycles. The molecule has 0 aliphatic rings. The van der Waals surface area contributed by atoms with Gasteiger partial charge in [-0.15, -0.1) is 0 Å². The van der Waals surface area contributed by atoms with Gasteiger partial charge in [0.15, 0.2) is 0 Å². The second-order valence-corrected chi connectivity index (χ2v) is 3.11. The molecule has 1 N–H and O–H groups in total. The summed E-state index contributed by atoms with van der Waals surface area (Å²) in [5.41, 5.74) is 0.107. The molecule has 0 aliphatic heterocycles. The summed E-state index contributed by atoms with van der Waals surface area (Å²) in [4.78, 5) is 0. The summed E-state index contributed by atoms with van der Waals surface area (Å²) in [6.45, 7) is 5.27. The molecule has 0 aromatic rings. The van der Waals surface area contributed by atoms with Gasteiger partial charge in [-0.2, -0.15) is 0 Å². The molecule has 2 nitrogen and oxygen atoms in total. The molecule has 0 saturated heterocycles. The van der Waals surface area contributed by atoms with Crippen LogP contribution in [0.1, 0.15) is 33.1 Å². The van der Waals surface area contributed by atoms with Crippen molar-refractivity contribution in [2.45, 2.75) is 33.1 Å². The van der Waals surface area contributed by atoms with Crippen molar-refractivity contribution in [3.63, 3.8) is 0 Å². The zero-order chi connectivity index (χ0) is 8.74. The third-order valence-corrected chi connectivity index (χ3v) is 2.67. The first-order valence-corrected chi connectivity index (χ1v) is 4.34. The van der Waals surface area contributed by atoms with Crippen molar-refractivity contribution in [2.75, 3.05) is 20.3 Å². The Labute approximate surface area is 69.6 Å². The molecule has 0 unspecified atom stereocenters. The minimum atomic E-state index is 0.107. The maximum Gasteiger partial charge on any atom is 0.0488 e. The fourth-order valence-electron chi connectivity index (χ4n) is 1.22. The fourth-order valence-corrected chi connectivity index (χ4v) is 1.22. The average molecular weight is 160 g/mol. The van der Waals surface area contributed by atoms with Crippen LogP contribution in [0.25, 0.3) is 0 Å². The summed E-state index contributed by atoms with van der Waals surface area (Å²) in [6, 6.07) is 0. The maximum atomic E-state index is 9.15. The normalized spacial score (nSPS) is 12.0. The second-order valence-electron chi connectivity index (χ2n) is 3.11. The number of ether oxygens (including phenoxy) is 1. The lowest BCUT2D eigenvalue weighted by Crippen LogP contribution is -2.25. The molecule has 0 fully saturated rings. The molecule has 0 atom stereocenters. The van der Waals surface area contributed by atoms with E-state index in [4.69, 9.17) is 9.84 Å². The molecule has 0 heterocycles. The van der Waals surface area contributed by atoms with Crippen LogP contribution in [0.5, 0.6) is 0 Å². The van der Waals surface area contributed by atoms with Crippen LogP contribution in [0.15, 0.2) is 0 Å². The molecule has 0 aromatic heterocycles. The second kappa shape index (κ2) is 5.56. The smallest absolute Gasteiger partial charge is 0.0488 e. The first kappa shape index (κ1) is 10.9. The highest BCUT2D eigenvalue weighted by molar-refractivity contribution is 4.74. The van der Waals surface area contributed by atoms with Crippen LogP contribution in [-0.4, -0.2) is 25.4 Å². The van der Waals surface area contributed by atoms with Gasteiger partial charge >= 0.3 is 0 Å². The van der Waals surface area contributed by atoms with Gasteiger partial charge in [-0.3, -0.25) is 0 Å². The van der Waals surface area contributed by atoms with Crippen LogP contribution in [-0.2, 0) is 4.74 Å². The van der Waals surface area contributed by atoms with Crippen LogP contribution in [0.4, 0.5) is 0 Å². The van der Waals surface area contributed by atoms with E-state index in [0.717, 1.165) is 25.9 Å². The Balaban J connectivity index is 3.84. The SMILES string of the molecule is CCC(CC)(CO)CCOC. The molecule has 0 rings (SSSR count). The van der Waals surface area contributed by atoms with Crippen molar-refractivity contribution in [3.05, 3.63) is 0 Å². The molecule has 2 heteroatoms. The zero-order valence-electron chi connectivity index (χ0n) is 7.89. The van der Waals surface area contributed by atoms with E-state index in [1.807, 2.05) is 0 Å². The minimum Gasteiger partial charge on any atom is -0.396 e. The van der Waals surface area contributed by atoms with Gasteiger partial charge in [0, 0.05) is 20.3 Å². The van der Waals surface area contributed by atoms with E-state index in [-0.39, 0.29) is 12.0 Å². The van der Waals surface area contributed by atoms with E-state index in [9.17, 15) is 0 Å². The number of aliphatic hydroxyl groups excluding tert-OH is 1. The molecule has 0 bridgehead atoms. The number of hydrogen-bond donors (Lipinski definition) is 1. The van der Waals surface area contributed by atoms with Crippen molar-refractivity contribution >= 4 is 0 Å². The summed E-state index contributed by atoms with van der Waals surface area (Å²) in [7, 11) is 1.70. The number of aliphatic hydroxyl groups is 1. The number of hydrogen-bond acceptors (Lipinski definition) is 2. The van der Waals surface area contributed by atoms with Gasteiger partial charge in [-0.25, -0.2) is 0 Å². The van der Waals surface area contributed by atoms with Crippen molar-refractivity contribution in [2.24, 2.45) is 5.41 Å². The molecule has 11 heavy (non-hydrogen) atoms. The quantitative estimate of drug-likeness (QED) is 0.642. The van der Waals surface area contributed by atoms with Crippen molar-refractivity contribution in [1.29, 1.82) is 0 Å². The maximum absolute atomic E-state index is 9.15. The summed E-state index contributed by atoms with van der Waals surface area (Å²) in [5.74, 6) is 0. The third kappa shape index (κ3) is 3.21. The first-order valence-electron chi connectivity index (χ1n) is 4.34. The largest absolute Gasteiger partial charge is 0.396 e. The Kier molecular flexibility index (Phi) is 5.51. The van der Waals surface area contributed by atoms with Crippen molar-refractivity contribution in [3.8, 4) is 0 Å². The van der Waals surface area contributed by atoms with Crippen molar-refractivity contribution in [1.82, 2.24) is 0 Å². The zero-order valence-corrected chi connectivity index (χ0v) is 7.89. The molecule has 0 aromatic carbocycles. The lowest BCUT2D eigenvalue weighted by molar-refractivity contribution is 0.0686. The lowest BCUT2D eigenvalue weighted by Gasteiger charge is -2.28. The van der Waals surface area contributed by atoms with E-state index in [2.05, 4.69) is 13.8 Å². The molecule has 0 amide bonds. The summed E-state index contributed by atoms with van der Waals surface area (Å²) < 4.78 is 4.99. The Bertz CT molecular complexity index is 79.3. The van der Waals surface area contributed by atoms with Gasteiger partial charge in [0.1, 0.15) is 0 Å². The highest BCUT2D eigenvalue weighted by atomic mass is 16.5. The molecule has 0 spiro atoms. The van der Waals surface area contributed by atoms with Gasteiger partial charge in [-0.1, -0.05) is 13.8 Å². The van der Waals surface area contributed by atoms with Crippen LogP contribution < -0.4 is 0 Å². The minimum absolute atomic E-state index is 0.107. The number of rotatable bonds is 6. The third-order valence-electron chi connectivity index (χ3n) is 2.67. The molecule has 0 radical (unpaired) electrons. The van der Waals surface area contributed by atoms with E-state index in [0.29, 0.717) is 0 Å². The standard InChI is InChI=1S/C9H20O2/c1-4-9(5-2,8-10)6-7-11-3/h10H,4-8H2,1-3H3. The predicted molar refractivity (Wildman–Crippen MR) is 46.6 cm³/mol. The summed E-state index contributed by atoms with van der Waals surface area (Å²) in [6.07, 6.45) is 3.03. The van der Waals surface area contributed by atoms with Gasteiger partial charge in [0.05, 0.1) is 0 Å². The van der Waals surface area contributed by atoms with Gasteiger partial charge < -0.3 is 9.84 Å². The van der Waals surface area contributed by atoms with E-state index in [1.165, 1.54) is 0 Å². The van der Waals surface area contributed by atoms with E-state index in [1.54, 1.807) is 7.11 Å². The predicted octanol–water partition coefficient (Wildman–Crippen LogP) is 1.82. The van der Waals surface area contributed by atoms with E-state index < -0.39 is 0 Å². The molecule has 68 valence electrons. The van der Waals surface area contributed by atoms with Crippen LogP contribution >= 0.6 is 0 Å². The first-order chi connectivity index (χ1) is 5.24. The van der Waals surface area contributed by atoms with Crippen LogP contribution in [0.3, 0.4) is 0 Å². The van der Waals surface area contributed by atoms with Crippen LogP contribution in [0.2, 0.25) is 0 Å². The monoisotopic (exact) mass is 160 g/mol.